The Morgan fingerprint density at radius 1 is 1.05 bits per heavy atom. The van der Waals surface area contributed by atoms with E-state index in [0.29, 0.717) is 6.61 Å². The summed E-state index contributed by atoms with van der Waals surface area (Å²) in [6.45, 7) is 2.59. The molecule has 1 unspecified atom stereocenters. The van der Waals surface area contributed by atoms with Gasteiger partial charge in [0, 0.05) is 5.56 Å². The zero-order chi connectivity index (χ0) is 13.7. The SMILES string of the molecule is CCOc1ccccc1C(Cl)c1ccc(OC)cc1. The van der Waals surface area contributed by atoms with E-state index < -0.39 is 0 Å². The molecular weight excluding hydrogens is 260 g/mol. The molecular formula is C16H17ClO2. The zero-order valence-electron chi connectivity index (χ0n) is 11.1. The second kappa shape index (κ2) is 6.48. The molecule has 0 radical (unpaired) electrons. The van der Waals surface area contributed by atoms with E-state index in [1.54, 1.807) is 7.11 Å². The maximum absolute atomic E-state index is 6.55. The van der Waals surface area contributed by atoms with E-state index in [1.165, 1.54) is 0 Å². The maximum atomic E-state index is 6.55. The molecule has 0 spiro atoms. The quantitative estimate of drug-likeness (QED) is 0.753. The van der Waals surface area contributed by atoms with Crippen LogP contribution in [0.5, 0.6) is 11.5 Å². The van der Waals surface area contributed by atoms with E-state index in [9.17, 15) is 0 Å². The van der Waals surface area contributed by atoms with Crippen molar-refractivity contribution in [3.8, 4) is 11.5 Å². The molecule has 0 aliphatic heterocycles. The van der Waals surface area contributed by atoms with Crippen molar-refractivity contribution in [2.45, 2.75) is 12.3 Å². The first-order chi connectivity index (χ1) is 9.26. The lowest BCUT2D eigenvalue weighted by Crippen LogP contribution is -2.00. The number of methoxy groups -OCH3 is 1. The van der Waals surface area contributed by atoms with Crippen LogP contribution in [0.1, 0.15) is 23.4 Å². The molecule has 0 aromatic heterocycles. The third-order valence-electron chi connectivity index (χ3n) is 2.90. The number of benzene rings is 2. The van der Waals surface area contributed by atoms with Gasteiger partial charge in [0.15, 0.2) is 0 Å². The highest BCUT2D eigenvalue weighted by Crippen LogP contribution is 2.35. The van der Waals surface area contributed by atoms with Crippen molar-refractivity contribution in [1.29, 1.82) is 0 Å². The van der Waals surface area contributed by atoms with Gasteiger partial charge in [0.1, 0.15) is 11.5 Å². The molecule has 19 heavy (non-hydrogen) atoms. The standard InChI is InChI=1S/C16H17ClO2/c1-3-19-15-7-5-4-6-14(15)16(17)12-8-10-13(18-2)11-9-12/h4-11,16H,3H2,1-2H3. The van der Waals surface area contributed by atoms with Crippen LogP contribution < -0.4 is 9.47 Å². The van der Waals surface area contributed by atoms with E-state index in [2.05, 4.69) is 0 Å². The summed E-state index contributed by atoms with van der Waals surface area (Å²) in [4.78, 5) is 0. The summed E-state index contributed by atoms with van der Waals surface area (Å²) in [5.74, 6) is 1.66. The maximum Gasteiger partial charge on any atom is 0.124 e. The minimum atomic E-state index is -0.228. The van der Waals surface area contributed by atoms with Gasteiger partial charge < -0.3 is 9.47 Å². The molecule has 2 aromatic rings. The molecule has 2 rings (SSSR count). The van der Waals surface area contributed by atoms with Gasteiger partial charge in [-0.3, -0.25) is 0 Å². The van der Waals surface area contributed by atoms with Crippen molar-refractivity contribution < 1.29 is 9.47 Å². The van der Waals surface area contributed by atoms with Gasteiger partial charge in [-0.15, -0.1) is 11.6 Å². The molecule has 0 aliphatic rings. The van der Waals surface area contributed by atoms with Crippen LogP contribution in [0.25, 0.3) is 0 Å². The second-order valence-electron chi connectivity index (χ2n) is 4.11. The van der Waals surface area contributed by atoms with Gasteiger partial charge in [-0.1, -0.05) is 30.3 Å². The van der Waals surface area contributed by atoms with Crippen LogP contribution in [0.2, 0.25) is 0 Å². The van der Waals surface area contributed by atoms with E-state index in [1.807, 2.05) is 55.5 Å². The molecule has 0 saturated heterocycles. The molecule has 100 valence electrons. The zero-order valence-corrected chi connectivity index (χ0v) is 11.9. The van der Waals surface area contributed by atoms with Gasteiger partial charge in [-0.2, -0.15) is 0 Å². The number of hydrogen-bond donors (Lipinski definition) is 0. The average Bonchev–Trinajstić information content (AvgIpc) is 2.47. The van der Waals surface area contributed by atoms with Crippen molar-refractivity contribution in [1.82, 2.24) is 0 Å². The first-order valence-corrected chi connectivity index (χ1v) is 6.69. The van der Waals surface area contributed by atoms with E-state index in [0.717, 1.165) is 22.6 Å². The monoisotopic (exact) mass is 276 g/mol. The Kier molecular flexibility index (Phi) is 4.69. The molecule has 0 bridgehead atoms. The Morgan fingerprint density at radius 3 is 2.37 bits per heavy atom. The number of rotatable bonds is 5. The topological polar surface area (TPSA) is 18.5 Å². The molecule has 2 nitrogen and oxygen atoms in total. The Hall–Kier alpha value is -1.67. The fourth-order valence-electron chi connectivity index (χ4n) is 1.93. The van der Waals surface area contributed by atoms with Crippen molar-refractivity contribution in [3.63, 3.8) is 0 Å². The molecule has 0 aliphatic carbocycles. The smallest absolute Gasteiger partial charge is 0.124 e. The predicted octanol–water partition coefficient (Wildman–Crippen LogP) is 4.42. The minimum absolute atomic E-state index is 0.228. The third-order valence-corrected chi connectivity index (χ3v) is 3.39. The van der Waals surface area contributed by atoms with Crippen LogP contribution in [0.3, 0.4) is 0 Å². The fraction of sp³-hybridized carbons (Fsp3) is 0.250. The van der Waals surface area contributed by atoms with E-state index >= 15 is 0 Å². The highest BCUT2D eigenvalue weighted by molar-refractivity contribution is 6.22. The van der Waals surface area contributed by atoms with Crippen LogP contribution in [0, 0.1) is 0 Å². The molecule has 0 amide bonds. The summed E-state index contributed by atoms with van der Waals surface area (Å²) in [5, 5.41) is -0.228. The lowest BCUT2D eigenvalue weighted by Gasteiger charge is -2.15. The predicted molar refractivity (Wildman–Crippen MR) is 78.3 cm³/mol. The van der Waals surface area contributed by atoms with Crippen LogP contribution in [-0.2, 0) is 0 Å². The van der Waals surface area contributed by atoms with Crippen LogP contribution in [0.4, 0.5) is 0 Å². The van der Waals surface area contributed by atoms with Crippen molar-refractivity contribution in [3.05, 3.63) is 59.7 Å². The van der Waals surface area contributed by atoms with Crippen molar-refractivity contribution in [2.24, 2.45) is 0 Å². The third kappa shape index (κ3) is 3.21. The summed E-state index contributed by atoms with van der Waals surface area (Å²) in [7, 11) is 1.65. The molecule has 0 N–H and O–H groups in total. The van der Waals surface area contributed by atoms with Gasteiger partial charge in [-0.05, 0) is 30.7 Å². The summed E-state index contributed by atoms with van der Waals surface area (Å²) in [6.07, 6.45) is 0. The normalized spacial score (nSPS) is 11.9. The fourth-order valence-corrected chi connectivity index (χ4v) is 2.26. The molecule has 3 heteroatoms. The first kappa shape index (κ1) is 13.8. The number of alkyl halides is 1. The Balaban J connectivity index is 2.29. The van der Waals surface area contributed by atoms with Crippen LogP contribution in [-0.4, -0.2) is 13.7 Å². The lowest BCUT2D eigenvalue weighted by atomic mass is 10.0. The number of hydrogen-bond acceptors (Lipinski definition) is 2. The minimum Gasteiger partial charge on any atom is -0.497 e. The van der Waals surface area contributed by atoms with Gasteiger partial charge >= 0.3 is 0 Å². The highest BCUT2D eigenvalue weighted by atomic mass is 35.5. The van der Waals surface area contributed by atoms with Crippen molar-refractivity contribution >= 4 is 11.6 Å². The van der Waals surface area contributed by atoms with Gasteiger partial charge in [0.05, 0.1) is 19.1 Å². The Labute approximate surface area is 118 Å². The highest BCUT2D eigenvalue weighted by Gasteiger charge is 2.15. The van der Waals surface area contributed by atoms with Gasteiger partial charge in [-0.25, -0.2) is 0 Å². The second-order valence-corrected chi connectivity index (χ2v) is 4.54. The molecule has 1 atom stereocenters. The molecule has 0 fully saturated rings. The number of para-hydroxylation sites is 1. The Morgan fingerprint density at radius 2 is 1.74 bits per heavy atom. The van der Waals surface area contributed by atoms with E-state index in [4.69, 9.17) is 21.1 Å². The summed E-state index contributed by atoms with van der Waals surface area (Å²) in [6, 6.07) is 15.6. The average molecular weight is 277 g/mol. The van der Waals surface area contributed by atoms with Gasteiger partial charge in [0.2, 0.25) is 0 Å². The number of halogens is 1. The molecule has 0 saturated carbocycles. The first-order valence-electron chi connectivity index (χ1n) is 6.26. The summed E-state index contributed by atoms with van der Waals surface area (Å²) in [5.41, 5.74) is 2.01. The summed E-state index contributed by atoms with van der Waals surface area (Å²) >= 11 is 6.55. The van der Waals surface area contributed by atoms with E-state index in [-0.39, 0.29) is 5.38 Å². The summed E-state index contributed by atoms with van der Waals surface area (Å²) < 4.78 is 10.8. The largest absolute Gasteiger partial charge is 0.497 e. The van der Waals surface area contributed by atoms with Crippen LogP contribution >= 0.6 is 11.6 Å². The number of ether oxygens (including phenoxy) is 2. The van der Waals surface area contributed by atoms with Gasteiger partial charge in [0.25, 0.3) is 0 Å². The molecule has 0 heterocycles. The van der Waals surface area contributed by atoms with Crippen molar-refractivity contribution in [2.75, 3.05) is 13.7 Å². The lowest BCUT2D eigenvalue weighted by molar-refractivity contribution is 0.337. The molecule has 2 aromatic carbocycles. The Bertz CT molecular complexity index is 523. The van der Waals surface area contributed by atoms with Crippen LogP contribution in [0.15, 0.2) is 48.5 Å².